The number of ether oxygens (including phenoxy) is 4. The van der Waals surface area contributed by atoms with Crippen molar-refractivity contribution in [1.82, 2.24) is 61.2 Å². The highest BCUT2D eigenvalue weighted by atomic mass is 16.6. The summed E-state index contributed by atoms with van der Waals surface area (Å²) in [7, 11) is 2.93. The van der Waals surface area contributed by atoms with Crippen LogP contribution in [0.4, 0.5) is 42.3 Å². The number of carbonyl (C=O) groups is 11. The Hall–Kier alpha value is -11.3. The predicted molar refractivity (Wildman–Crippen MR) is 321 cm³/mol. The Morgan fingerprint density at radius 2 is 1.30 bits per heavy atom. The van der Waals surface area contributed by atoms with Crippen molar-refractivity contribution in [3.63, 3.8) is 0 Å². The van der Waals surface area contributed by atoms with E-state index in [1.165, 1.54) is 73.4 Å². The third kappa shape index (κ3) is 21.6. The second kappa shape index (κ2) is 33.6. The lowest BCUT2D eigenvalue weighted by atomic mass is 10.1. The van der Waals surface area contributed by atoms with Crippen LogP contribution in [0.15, 0.2) is 91.1 Å². The molecule has 33 heteroatoms. The first-order chi connectivity index (χ1) is 43.0. The quantitative estimate of drug-likeness (QED) is 0.0213. The predicted octanol–water partition coefficient (Wildman–Crippen LogP) is 1.22. The first kappa shape index (κ1) is 67.9. The van der Waals surface area contributed by atoms with Crippen molar-refractivity contribution in [3.8, 4) is 5.75 Å². The maximum Gasteiger partial charge on any atom is 0.415 e. The molecular weight excluding hydrogens is 1180 g/mol. The Kier molecular flexibility index (Phi) is 25.3. The highest BCUT2D eigenvalue weighted by Gasteiger charge is 2.27. The van der Waals surface area contributed by atoms with Crippen molar-refractivity contribution in [3.05, 3.63) is 114 Å². The molecule has 2 aromatic heterocycles. The molecule has 90 heavy (non-hydrogen) atoms. The van der Waals surface area contributed by atoms with Gasteiger partial charge in [0.05, 0.1) is 38.2 Å². The molecule has 11 amide bonds. The number of amides is 11. The van der Waals surface area contributed by atoms with Gasteiger partial charge in [0.1, 0.15) is 37.1 Å². The molecule has 0 saturated carbocycles. The van der Waals surface area contributed by atoms with E-state index in [0.29, 0.717) is 28.1 Å². The van der Waals surface area contributed by atoms with Gasteiger partial charge in [0.2, 0.25) is 17.8 Å². The molecule has 33 nitrogen and oxygen atoms in total. The van der Waals surface area contributed by atoms with E-state index < -0.39 is 83.8 Å². The number of nitrogens with two attached hydrogens (primary N) is 3. The van der Waals surface area contributed by atoms with Gasteiger partial charge in [-0.3, -0.25) is 33.7 Å². The molecule has 0 spiro atoms. The monoisotopic (exact) mass is 1250 g/mol. The molecule has 5 aromatic rings. The number of carbonyl (C=O) groups excluding carboxylic acids is 10. The Bertz CT molecular complexity index is 3410. The highest BCUT2D eigenvalue weighted by molar-refractivity contribution is 6.12. The molecule has 0 saturated heterocycles. The molecular formula is C57H69N17O16. The minimum atomic E-state index is -1.25. The first-order valence-corrected chi connectivity index (χ1v) is 27.9. The van der Waals surface area contributed by atoms with Crippen LogP contribution in [0.3, 0.4) is 0 Å². The van der Waals surface area contributed by atoms with Crippen molar-refractivity contribution in [2.24, 2.45) is 5.73 Å². The number of nitrogens with one attached hydrogen (secondary N) is 7. The fraction of sp³-hybridized carbons (Fsp3) is 0.351. The number of alkyl carbamates (subject to hydrolysis) is 1. The van der Waals surface area contributed by atoms with E-state index in [1.54, 1.807) is 36.4 Å². The average Bonchev–Trinajstić information content (AvgIpc) is 1.32. The summed E-state index contributed by atoms with van der Waals surface area (Å²) in [4.78, 5) is 157. The van der Waals surface area contributed by atoms with Gasteiger partial charge >= 0.3 is 30.3 Å². The van der Waals surface area contributed by atoms with E-state index in [4.69, 9.17) is 36.1 Å². The number of primary amides is 1. The summed E-state index contributed by atoms with van der Waals surface area (Å²) in [6.07, 6.45) is 1.90. The fourth-order valence-corrected chi connectivity index (χ4v) is 8.08. The number of fused-ring (bicyclic) bond motifs is 1. The summed E-state index contributed by atoms with van der Waals surface area (Å²) in [5.41, 5.74) is 19.7. The summed E-state index contributed by atoms with van der Waals surface area (Å²) in [5, 5.41) is 28.2. The zero-order chi connectivity index (χ0) is 65.3. The number of nitrogens with zero attached hydrogens (tertiary/aromatic N) is 7. The molecule has 3 atom stereocenters. The van der Waals surface area contributed by atoms with Gasteiger partial charge in [-0.15, -0.1) is 0 Å². The summed E-state index contributed by atoms with van der Waals surface area (Å²) in [6, 6.07) is 14.0. The Morgan fingerprint density at radius 3 is 1.97 bits per heavy atom. The topological polar surface area (TPSA) is 468 Å². The summed E-state index contributed by atoms with van der Waals surface area (Å²) >= 11 is 0. The van der Waals surface area contributed by atoms with Crippen molar-refractivity contribution in [2.75, 3.05) is 88.7 Å². The number of benzene rings is 3. The lowest BCUT2D eigenvalue weighted by molar-refractivity contribution is -0.140. The molecule has 1 aliphatic heterocycles. The number of rotatable bonds is 32. The molecule has 1 aliphatic rings. The number of hydrogen-bond donors (Lipinski definition) is 11. The number of anilines is 4. The third-order valence-electron chi connectivity index (χ3n) is 13.1. The van der Waals surface area contributed by atoms with Crippen molar-refractivity contribution < 1.29 is 76.8 Å². The second-order valence-corrected chi connectivity index (χ2v) is 19.9. The number of imide groups is 1. The van der Waals surface area contributed by atoms with E-state index in [0.717, 1.165) is 17.1 Å². The number of urea groups is 1. The van der Waals surface area contributed by atoms with Crippen LogP contribution in [0.25, 0.3) is 11.2 Å². The minimum Gasteiger partial charge on any atom is -0.480 e. The van der Waals surface area contributed by atoms with Gasteiger partial charge in [-0.2, -0.15) is 9.97 Å². The van der Waals surface area contributed by atoms with Crippen molar-refractivity contribution in [1.29, 1.82) is 0 Å². The number of carboxylic acid groups (broad SMARTS) is 1. The van der Waals surface area contributed by atoms with Gasteiger partial charge < -0.3 is 88.3 Å². The summed E-state index contributed by atoms with van der Waals surface area (Å²) in [6.45, 7) is 1.52. The number of carboxylic acids is 1. The number of aliphatic carboxylic acids is 1. The van der Waals surface area contributed by atoms with Crippen LogP contribution in [-0.4, -0.2) is 190 Å². The van der Waals surface area contributed by atoms with Gasteiger partial charge in [-0.05, 0) is 98.8 Å². The van der Waals surface area contributed by atoms with E-state index in [-0.39, 0.29) is 126 Å². The number of hydrogen-bond acceptors (Lipinski definition) is 22. The van der Waals surface area contributed by atoms with E-state index in [9.17, 15) is 57.8 Å². The Balaban J connectivity index is 0.845. The van der Waals surface area contributed by atoms with Gasteiger partial charge in [0.25, 0.3) is 23.6 Å². The van der Waals surface area contributed by atoms with Gasteiger partial charge in [0.15, 0.2) is 17.0 Å². The lowest BCUT2D eigenvalue weighted by Crippen LogP contribution is -2.51. The maximum atomic E-state index is 13.4. The summed E-state index contributed by atoms with van der Waals surface area (Å²) in [5.74, 6) is -4.39. The maximum absolute atomic E-state index is 13.4. The van der Waals surface area contributed by atoms with Crippen LogP contribution in [-0.2, 0) is 51.3 Å². The number of likely N-dealkylation sites (N-methyl/N-ethyl adjacent to an activating group) is 2. The molecule has 6 rings (SSSR count). The molecule has 0 unspecified atom stereocenters. The molecule has 3 heterocycles. The average molecular weight is 1250 g/mol. The lowest BCUT2D eigenvalue weighted by Gasteiger charge is -2.22. The normalized spacial score (nSPS) is 12.6. The molecule has 0 radical (unpaired) electrons. The zero-order valence-corrected chi connectivity index (χ0v) is 49.2. The van der Waals surface area contributed by atoms with Crippen LogP contribution in [0, 0.1) is 0 Å². The van der Waals surface area contributed by atoms with Crippen molar-refractivity contribution >= 4 is 100 Å². The number of aromatic nitrogens is 4. The van der Waals surface area contributed by atoms with Crippen molar-refractivity contribution in [2.45, 2.75) is 63.9 Å². The third-order valence-corrected chi connectivity index (χ3v) is 13.1. The molecule has 0 aliphatic carbocycles. The Morgan fingerprint density at radius 1 is 0.678 bits per heavy atom. The summed E-state index contributed by atoms with van der Waals surface area (Å²) < 4.78 is 21.2. The Labute approximate surface area is 514 Å². The van der Waals surface area contributed by atoms with Gasteiger partial charge in [-0.1, -0.05) is 12.1 Å². The highest BCUT2D eigenvalue weighted by Crippen LogP contribution is 2.18. The minimum absolute atomic E-state index is 0.0103. The molecule has 0 fully saturated rings. The van der Waals surface area contributed by atoms with Crippen LogP contribution in [0.2, 0.25) is 0 Å². The van der Waals surface area contributed by atoms with E-state index in [1.807, 2.05) is 0 Å². The van der Waals surface area contributed by atoms with Crippen LogP contribution < -0.4 is 59.2 Å². The molecule has 0 bridgehead atoms. The van der Waals surface area contributed by atoms with Gasteiger partial charge in [-0.25, -0.2) is 33.9 Å². The number of nitrogen functional groups attached to an aromatic ring is 2. The second-order valence-electron chi connectivity index (χ2n) is 19.9. The molecule has 14 N–H and O–H groups in total. The molecule has 478 valence electrons. The standard InChI is InChI=1S/C57H69N17O16/c1-33(65-55(84)88-29-28-87-27-26-74-43(75)20-21-44(74)76)48(77)68-41(6-4-23-62-54(60)83)51(80)67-38-14-8-34(9-15-38)32-89-56(85)72(2)24-25-73(3)57(86)90-40-18-12-35(13-19-40)49(78)61-22-5-7-42(52(81)82)69-50(79)36-10-16-37(17-11-36)63-30-39-31-64-47-45(66-39)46(58)70-53(59)71-47/h8-21,31,33,41-42,63H,4-7,22-30,32H2,1-3H3,(H,61,78)(H,65,84)(H,67,80)(H,68,77)(H,69,79)(H,81,82)(H3,60,62,83)(H4,58,59,64,70,71)/t33-,41-,42-/m0/s1. The van der Waals surface area contributed by atoms with E-state index in [2.05, 4.69) is 57.2 Å². The zero-order valence-electron chi connectivity index (χ0n) is 49.2. The van der Waals surface area contributed by atoms with Crippen LogP contribution in [0.1, 0.15) is 64.6 Å². The van der Waals surface area contributed by atoms with Crippen LogP contribution in [0.5, 0.6) is 5.75 Å². The smallest absolute Gasteiger partial charge is 0.415 e. The van der Waals surface area contributed by atoms with E-state index >= 15 is 0 Å². The largest absolute Gasteiger partial charge is 0.480 e. The van der Waals surface area contributed by atoms with Crippen LogP contribution >= 0.6 is 0 Å². The van der Waals surface area contributed by atoms with Gasteiger partial charge in [0, 0.05) is 74.9 Å². The fourth-order valence-electron chi connectivity index (χ4n) is 8.08. The first-order valence-electron chi connectivity index (χ1n) is 27.9. The SMILES string of the molecule is C[C@H](NC(=O)OCCOCCN1C(=O)C=CC1=O)C(=O)N[C@@H](CCCNC(N)=O)C(=O)Nc1ccc(COC(=O)N(C)CCN(C)C(=O)Oc2ccc(C(=O)NCCC[C@H](NC(=O)c3ccc(NCc4cnc5nc(N)nc(N)c5n4)cc3)C(=O)O)cc2)cc1. The molecule has 3 aromatic carbocycles.